The molecule has 1 aromatic rings. The van der Waals surface area contributed by atoms with Crippen LogP contribution in [0.2, 0.25) is 0 Å². The van der Waals surface area contributed by atoms with Crippen molar-refractivity contribution < 1.29 is 14.4 Å². The number of hydrogen-bond acceptors (Lipinski definition) is 5. The van der Waals surface area contributed by atoms with Gasteiger partial charge in [0.1, 0.15) is 5.54 Å². The maximum atomic E-state index is 12.7. The molecule has 0 aromatic heterocycles. The van der Waals surface area contributed by atoms with Crippen molar-refractivity contribution in [2.45, 2.75) is 44.2 Å². The van der Waals surface area contributed by atoms with Gasteiger partial charge in [0.15, 0.2) is 0 Å². The lowest BCUT2D eigenvalue weighted by atomic mass is 9.98. The summed E-state index contributed by atoms with van der Waals surface area (Å²) in [6, 6.07) is 7.48. The molecule has 2 N–H and O–H groups in total. The Hall–Kier alpha value is -2.06. The summed E-state index contributed by atoms with van der Waals surface area (Å²) in [5.41, 5.74) is 1.18. The molecule has 1 aromatic carbocycles. The topological polar surface area (TPSA) is 81.8 Å². The van der Waals surface area contributed by atoms with Crippen molar-refractivity contribution in [1.29, 1.82) is 0 Å². The van der Waals surface area contributed by atoms with Crippen LogP contribution in [0.1, 0.15) is 37.7 Å². The van der Waals surface area contributed by atoms with Crippen LogP contribution in [0.25, 0.3) is 0 Å². The first-order chi connectivity index (χ1) is 14.1. The zero-order valence-electron chi connectivity index (χ0n) is 16.6. The van der Waals surface area contributed by atoms with Gasteiger partial charge in [0.2, 0.25) is 5.91 Å². The highest BCUT2D eigenvalue weighted by molar-refractivity contribution is 7.99. The minimum Gasteiger partial charge on any atom is -0.326 e. The first kappa shape index (κ1) is 20.2. The molecule has 0 atom stereocenters. The van der Waals surface area contributed by atoms with Gasteiger partial charge < -0.3 is 10.6 Å². The average Bonchev–Trinajstić information content (AvgIpc) is 3.28. The van der Waals surface area contributed by atoms with E-state index in [4.69, 9.17) is 0 Å². The van der Waals surface area contributed by atoms with Crippen LogP contribution in [-0.2, 0) is 16.1 Å². The summed E-state index contributed by atoms with van der Waals surface area (Å²) in [5, 5.41) is 5.83. The van der Waals surface area contributed by atoms with Crippen molar-refractivity contribution in [1.82, 2.24) is 15.1 Å². The van der Waals surface area contributed by atoms with E-state index in [1.807, 2.05) is 36.0 Å². The lowest BCUT2D eigenvalue weighted by molar-refractivity contribution is -0.131. The predicted octanol–water partition coefficient (Wildman–Crippen LogP) is 2.43. The van der Waals surface area contributed by atoms with Crippen LogP contribution in [0.5, 0.6) is 0 Å². The second-order valence-corrected chi connectivity index (χ2v) is 9.24. The molecule has 1 saturated carbocycles. The van der Waals surface area contributed by atoms with E-state index in [0.29, 0.717) is 12.8 Å². The van der Waals surface area contributed by atoms with Gasteiger partial charge in [0.25, 0.3) is 5.91 Å². The molecule has 0 radical (unpaired) electrons. The molecule has 0 unspecified atom stereocenters. The normalized spacial score (nSPS) is 21.6. The lowest BCUT2D eigenvalue weighted by Gasteiger charge is -2.27. The summed E-state index contributed by atoms with van der Waals surface area (Å²) in [6.45, 7) is 3.04. The van der Waals surface area contributed by atoms with Crippen molar-refractivity contribution in [3.63, 3.8) is 0 Å². The standard InChI is InChI=1S/C21H28N4O3S/c26-18(7-10-25-19(27)21(23-20(25)28)8-3-4-9-21)22-17-6-2-1-5-16(17)15-24-11-13-29-14-12-24/h1-2,5-6H,3-4,7-15H2,(H,22,26)(H,23,28). The molecule has 4 amide bonds. The average molecular weight is 417 g/mol. The van der Waals surface area contributed by atoms with Gasteiger partial charge in [0.05, 0.1) is 0 Å². The van der Waals surface area contributed by atoms with Crippen LogP contribution >= 0.6 is 11.8 Å². The van der Waals surface area contributed by atoms with Gasteiger partial charge in [-0.1, -0.05) is 31.0 Å². The molecule has 3 fully saturated rings. The predicted molar refractivity (Wildman–Crippen MR) is 114 cm³/mol. The smallest absolute Gasteiger partial charge is 0.325 e. The fourth-order valence-electron chi connectivity index (χ4n) is 4.40. The summed E-state index contributed by atoms with van der Waals surface area (Å²) in [6.07, 6.45) is 3.40. The Morgan fingerprint density at radius 3 is 2.62 bits per heavy atom. The highest BCUT2D eigenvalue weighted by Crippen LogP contribution is 2.35. The number of urea groups is 1. The third-order valence-electron chi connectivity index (χ3n) is 6.05. The van der Waals surface area contributed by atoms with Crippen LogP contribution in [0.4, 0.5) is 10.5 Å². The van der Waals surface area contributed by atoms with E-state index in [2.05, 4.69) is 15.5 Å². The van der Waals surface area contributed by atoms with Gasteiger partial charge in [-0.3, -0.25) is 19.4 Å². The maximum absolute atomic E-state index is 12.7. The SMILES string of the molecule is O=C(CCN1C(=O)NC2(CCCC2)C1=O)Nc1ccccc1CN1CCSCC1. The molecule has 29 heavy (non-hydrogen) atoms. The summed E-state index contributed by atoms with van der Waals surface area (Å²) in [5.74, 6) is 1.93. The molecule has 7 nitrogen and oxygen atoms in total. The van der Waals surface area contributed by atoms with Crippen LogP contribution in [0.3, 0.4) is 0 Å². The van der Waals surface area contributed by atoms with Crippen LogP contribution in [0, 0.1) is 0 Å². The largest absolute Gasteiger partial charge is 0.326 e. The number of rotatable bonds is 6. The second kappa shape index (κ2) is 8.75. The van der Waals surface area contributed by atoms with E-state index in [1.165, 1.54) is 4.90 Å². The van der Waals surface area contributed by atoms with Gasteiger partial charge in [0, 0.05) is 49.8 Å². The van der Waals surface area contributed by atoms with Gasteiger partial charge >= 0.3 is 6.03 Å². The van der Waals surface area contributed by atoms with Crippen molar-refractivity contribution >= 4 is 35.3 Å². The molecule has 8 heteroatoms. The Morgan fingerprint density at radius 1 is 1.14 bits per heavy atom. The lowest BCUT2D eigenvalue weighted by Crippen LogP contribution is -2.44. The fourth-order valence-corrected chi connectivity index (χ4v) is 5.38. The Morgan fingerprint density at radius 2 is 1.86 bits per heavy atom. The first-order valence-electron chi connectivity index (χ1n) is 10.4. The Kier molecular flexibility index (Phi) is 6.10. The number of nitrogens with one attached hydrogen (secondary N) is 2. The number of carbonyl (C=O) groups is 3. The van der Waals surface area contributed by atoms with Gasteiger partial charge in [-0.15, -0.1) is 0 Å². The van der Waals surface area contributed by atoms with E-state index >= 15 is 0 Å². The number of anilines is 1. The zero-order chi connectivity index (χ0) is 20.3. The number of benzene rings is 1. The van der Waals surface area contributed by atoms with Crippen LogP contribution in [0.15, 0.2) is 24.3 Å². The molecule has 3 aliphatic rings. The number of carbonyl (C=O) groups excluding carboxylic acids is 3. The minimum atomic E-state index is -0.715. The molecular formula is C21H28N4O3S. The molecule has 2 aliphatic heterocycles. The molecule has 156 valence electrons. The quantitative estimate of drug-likeness (QED) is 0.696. The molecule has 4 rings (SSSR count). The summed E-state index contributed by atoms with van der Waals surface area (Å²) in [7, 11) is 0. The highest BCUT2D eigenvalue weighted by atomic mass is 32.2. The first-order valence-corrected chi connectivity index (χ1v) is 11.5. The third kappa shape index (κ3) is 4.43. The molecule has 2 heterocycles. The van der Waals surface area contributed by atoms with E-state index in [-0.39, 0.29) is 30.8 Å². The Bertz CT molecular complexity index is 788. The maximum Gasteiger partial charge on any atom is 0.325 e. The van der Waals surface area contributed by atoms with E-state index in [9.17, 15) is 14.4 Å². The summed E-state index contributed by atoms with van der Waals surface area (Å²) < 4.78 is 0. The highest BCUT2D eigenvalue weighted by Gasteiger charge is 2.52. The molecule has 1 aliphatic carbocycles. The van der Waals surface area contributed by atoms with Gasteiger partial charge in [-0.2, -0.15) is 11.8 Å². The minimum absolute atomic E-state index is 0.101. The van der Waals surface area contributed by atoms with Gasteiger partial charge in [-0.05, 0) is 24.5 Å². The number of imide groups is 1. The van der Waals surface area contributed by atoms with E-state index < -0.39 is 5.54 Å². The number of thioether (sulfide) groups is 1. The van der Waals surface area contributed by atoms with E-state index in [0.717, 1.165) is 55.2 Å². The van der Waals surface area contributed by atoms with Gasteiger partial charge in [-0.25, -0.2) is 4.79 Å². The second-order valence-electron chi connectivity index (χ2n) is 8.02. The van der Waals surface area contributed by atoms with Crippen LogP contribution < -0.4 is 10.6 Å². The zero-order valence-corrected chi connectivity index (χ0v) is 17.4. The summed E-state index contributed by atoms with van der Waals surface area (Å²) >= 11 is 1.97. The van der Waals surface area contributed by atoms with Crippen LogP contribution in [-0.4, -0.2) is 64.3 Å². The van der Waals surface area contributed by atoms with E-state index in [1.54, 1.807) is 0 Å². The fraction of sp³-hybridized carbons (Fsp3) is 0.571. The number of nitrogens with zero attached hydrogens (tertiary/aromatic N) is 2. The van der Waals surface area contributed by atoms with Crippen molar-refractivity contribution in [2.75, 3.05) is 36.5 Å². The van der Waals surface area contributed by atoms with Crippen molar-refractivity contribution in [3.8, 4) is 0 Å². The Labute approximate surface area is 175 Å². The third-order valence-corrected chi connectivity index (χ3v) is 7.00. The van der Waals surface area contributed by atoms with Crippen molar-refractivity contribution in [2.24, 2.45) is 0 Å². The molecule has 1 spiro atoms. The Balaban J connectivity index is 1.33. The number of amides is 4. The number of hydrogen-bond donors (Lipinski definition) is 2. The number of para-hydroxylation sites is 1. The molecular weight excluding hydrogens is 388 g/mol. The monoisotopic (exact) mass is 416 g/mol. The van der Waals surface area contributed by atoms with Crippen molar-refractivity contribution in [3.05, 3.63) is 29.8 Å². The summed E-state index contributed by atoms with van der Waals surface area (Å²) in [4.78, 5) is 41.1. The molecule has 2 saturated heterocycles. The molecule has 0 bridgehead atoms.